The highest BCUT2D eigenvalue weighted by Gasteiger charge is 2.14. The summed E-state index contributed by atoms with van der Waals surface area (Å²) in [5.74, 6) is 0.251. The van der Waals surface area contributed by atoms with Gasteiger partial charge in [-0.2, -0.15) is 0 Å². The van der Waals surface area contributed by atoms with Gasteiger partial charge in [0.2, 0.25) is 0 Å². The van der Waals surface area contributed by atoms with E-state index in [1.165, 1.54) is 6.20 Å². The molecule has 0 amide bonds. The summed E-state index contributed by atoms with van der Waals surface area (Å²) >= 11 is 5.82. The maximum absolute atomic E-state index is 12.1. The van der Waals surface area contributed by atoms with Gasteiger partial charge in [-0.05, 0) is 29.4 Å². The third kappa shape index (κ3) is 2.46. The van der Waals surface area contributed by atoms with Crippen LogP contribution in [0, 0.1) is 5.21 Å². The standard InChI is InChI=1S/C15H10ClN3O/c16-13-8-6-12(7-9-13)15-18-17-14(10-19(15)20)11-4-2-1-3-5-11/h1-10H. The molecule has 0 atom stereocenters. The monoisotopic (exact) mass is 283 g/mol. The first-order chi connectivity index (χ1) is 9.74. The van der Waals surface area contributed by atoms with Gasteiger partial charge in [0.1, 0.15) is 6.20 Å². The van der Waals surface area contributed by atoms with E-state index in [2.05, 4.69) is 10.2 Å². The molecule has 0 saturated carbocycles. The fourth-order valence-electron chi connectivity index (χ4n) is 1.87. The van der Waals surface area contributed by atoms with Crippen LogP contribution in [-0.4, -0.2) is 10.2 Å². The van der Waals surface area contributed by atoms with E-state index in [9.17, 15) is 5.21 Å². The largest absolute Gasteiger partial charge is 0.710 e. The van der Waals surface area contributed by atoms with Crippen LogP contribution in [0.25, 0.3) is 22.6 Å². The Kier molecular flexibility index (Phi) is 3.31. The number of halogens is 1. The number of benzene rings is 2. The topological polar surface area (TPSA) is 52.7 Å². The van der Waals surface area contributed by atoms with Gasteiger partial charge in [0.05, 0.1) is 10.7 Å². The average Bonchev–Trinajstić information content (AvgIpc) is 2.49. The second kappa shape index (κ2) is 5.27. The third-order valence-corrected chi connectivity index (χ3v) is 3.12. The lowest BCUT2D eigenvalue weighted by atomic mass is 10.2. The number of hydrogen-bond acceptors (Lipinski definition) is 3. The molecule has 3 aromatic rings. The van der Waals surface area contributed by atoms with Crippen LogP contribution in [0.15, 0.2) is 60.8 Å². The Balaban J connectivity index is 2.02. The molecule has 5 heteroatoms. The van der Waals surface area contributed by atoms with Crippen molar-refractivity contribution in [3.05, 3.63) is 71.0 Å². The summed E-state index contributed by atoms with van der Waals surface area (Å²) in [6.45, 7) is 0. The quantitative estimate of drug-likeness (QED) is 0.536. The molecule has 0 spiro atoms. The number of aromatic nitrogens is 3. The minimum absolute atomic E-state index is 0.251. The van der Waals surface area contributed by atoms with Crippen molar-refractivity contribution in [2.45, 2.75) is 0 Å². The maximum atomic E-state index is 12.1. The van der Waals surface area contributed by atoms with Crippen molar-refractivity contribution < 1.29 is 4.73 Å². The molecule has 0 radical (unpaired) electrons. The molecule has 1 heterocycles. The van der Waals surface area contributed by atoms with Crippen LogP contribution in [0.3, 0.4) is 0 Å². The molecule has 3 rings (SSSR count). The highest BCUT2D eigenvalue weighted by molar-refractivity contribution is 6.30. The van der Waals surface area contributed by atoms with Crippen LogP contribution < -0.4 is 4.73 Å². The first kappa shape index (κ1) is 12.6. The summed E-state index contributed by atoms with van der Waals surface area (Å²) < 4.78 is 0.721. The van der Waals surface area contributed by atoms with Crippen molar-refractivity contribution in [3.8, 4) is 22.6 Å². The Bertz CT molecular complexity index is 730. The normalized spacial score (nSPS) is 10.4. The highest BCUT2D eigenvalue weighted by atomic mass is 35.5. The molecule has 1 aromatic heterocycles. The second-order valence-corrected chi connectivity index (χ2v) is 4.67. The Morgan fingerprint density at radius 1 is 0.850 bits per heavy atom. The molecule has 0 aliphatic heterocycles. The average molecular weight is 284 g/mol. The van der Waals surface area contributed by atoms with E-state index in [1.807, 2.05) is 30.3 Å². The van der Waals surface area contributed by atoms with Crippen LogP contribution in [0.1, 0.15) is 0 Å². The zero-order chi connectivity index (χ0) is 13.9. The predicted octanol–water partition coefficient (Wildman–Crippen LogP) is 3.10. The summed E-state index contributed by atoms with van der Waals surface area (Å²) in [6, 6.07) is 16.3. The van der Waals surface area contributed by atoms with E-state index >= 15 is 0 Å². The lowest BCUT2D eigenvalue weighted by Crippen LogP contribution is -2.31. The molecule has 0 fully saturated rings. The Morgan fingerprint density at radius 3 is 2.20 bits per heavy atom. The van der Waals surface area contributed by atoms with E-state index in [1.54, 1.807) is 24.3 Å². The lowest BCUT2D eigenvalue weighted by Gasteiger charge is -2.06. The van der Waals surface area contributed by atoms with Gasteiger partial charge in [0, 0.05) is 10.6 Å². The van der Waals surface area contributed by atoms with E-state index in [4.69, 9.17) is 11.6 Å². The maximum Gasteiger partial charge on any atom is 0.360 e. The van der Waals surface area contributed by atoms with Gasteiger partial charge >= 0.3 is 5.82 Å². The summed E-state index contributed by atoms with van der Waals surface area (Å²) in [5, 5.41) is 20.8. The Morgan fingerprint density at radius 2 is 1.55 bits per heavy atom. The molecule has 2 aromatic carbocycles. The van der Waals surface area contributed by atoms with Gasteiger partial charge in [-0.3, -0.25) is 0 Å². The van der Waals surface area contributed by atoms with E-state index in [0.717, 1.165) is 10.3 Å². The smallest absolute Gasteiger partial charge is 0.360 e. The van der Waals surface area contributed by atoms with E-state index < -0.39 is 0 Å². The summed E-state index contributed by atoms with van der Waals surface area (Å²) in [5.41, 5.74) is 2.07. The molecule has 4 nitrogen and oxygen atoms in total. The fraction of sp³-hybridized carbons (Fsp3) is 0. The van der Waals surface area contributed by atoms with Gasteiger partial charge in [-0.1, -0.05) is 41.9 Å². The number of hydrogen-bond donors (Lipinski definition) is 0. The molecule has 0 saturated heterocycles. The SMILES string of the molecule is [O-][n+]1cc(-c2ccccc2)nnc1-c1ccc(Cl)cc1. The van der Waals surface area contributed by atoms with Crippen molar-refractivity contribution in [2.24, 2.45) is 0 Å². The Hall–Kier alpha value is -2.46. The van der Waals surface area contributed by atoms with Crippen LogP contribution in [0.2, 0.25) is 5.02 Å². The molecule has 98 valence electrons. The Labute approximate surface area is 120 Å². The zero-order valence-electron chi connectivity index (χ0n) is 10.4. The van der Waals surface area contributed by atoms with Gasteiger partial charge < -0.3 is 5.21 Å². The van der Waals surface area contributed by atoms with Crippen molar-refractivity contribution in [1.29, 1.82) is 0 Å². The predicted molar refractivity (Wildman–Crippen MR) is 76.9 cm³/mol. The summed E-state index contributed by atoms with van der Waals surface area (Å²) in [7, 11) is 0. The van der Waals surface area contributed by atoms with Crippen LogP contribution in [-0.2, 0) is 0 Å². The summed E-state index contributed by atoms with van der Waals surface area (Å²) in [4.78, 5) is 0. The molecule has 0 N–H and O–H groups in total. The van der Waals surface area contributed by atoms with Crippen molar-refractivity contribution >= 4 is 11.6 Å². The molecular weight excluding hydrogens is 274 g/mol. The van der Waals surface area contributed by atoms with Gasteiger partial charge in [0.15, 0.2) is 5.69 Å². The van der Waals surface area contributed by atoms with Crippen LogP contribution in [0.5, 0.6) is 0 Å². The molecular formula is C15H10ClN3O. The molecule has 20 heavy (non-hydrogen) atoms. The first-order valence-corrected chi connectivity index (χ1v) is 6.40. The molecule has 0 aliphatic carbocycles. The van der Waals surface area contributed by atoms with E-state index in [0.29, 0.717) is 16.3 Å². The van der Waals surface area contributed by atoms with Gasteiger partial charge in [-0.25, -0.2) is 4.73 Å². The third-order valence-electron chi connectivity index (χ3n) is 2.87. The minimum atomic E-state index is 0.251. The van der Waals surface area contributed by atoms with Gasteiger partial charge in [-0.15, -0.1) is 0 Å². The summed E-state index contributed by atoms with van der Waals surface area (Å²) in [6.07, 6.45) is 1.42. The second-order valence-electron chi connectivity index (χ2n) is 4.24. The minimum Gasteiger partial charge on any atom is -0.710 e. The molecule has 0 bridgehead atoms. The van der Waals surface area contributed by atoms with Crippen LogP contribution in [0.4, 0.5) is 0 Å². The molecule has 0 unspecified atom stereocenters. The van der Waals surface area contributed by atoms with Crippen LogP contribution >= 0.6 is 11.6 Å². The van der Waals surface area contributed by atoms with Crippen molar-refractivity contribution in [1.82, 2.24) is 10.2 Å². The highest BCUT2D eigenvalue weighted by Crippen LogP contribution is 2.18. The number of nitrogens with zero attached hydrogens (tertiary/aromatic N) is 3. The number of rotatable bonds is 2. The molecule has 0 aliphatic rings. The fourth-order valence-corrected chi connectivity index (χ4v) is 1.99. The van der Waals surface area contributed by atoms with E-state index in [-0.39, 0.29) is 5.82 Å². The lowest BCUT2D eigenvalue weighted by molar-refractivity contribution is -0.596. The van der Waals surface area contributed by atoms with Gasteiger partial charge in [0.25, 0.3) is 0 Å². The van der Waals surface area contributed by atoms with Crippen molar-refractivity contribution in [2.75, 3.05) is 0 Å². The zero-order valence-corrected chi connectivity index (χ0v) is 11.2. The first-order valence-electron chi connectivity index (χ1n) is 6.02. The van der Waals surface area contributed by atoms with Crippen molar-refractivity contribution in [3.63, 3.8) is 0 Å².